The molecule has 1 aliphatic rings. The van der Waals surface area contributed by atoms with Gasteiger partial charge in [0.05, 0.1) is 41.9 Å². The molecule has 2 N–H and O–H groups in total. The van der Waals surface area contributed by atoms with Crippen molar-refractivity contribution >= 4 is 39.1 Å². The van der Waals surface area contributed by atoms with Crippen molar-refractivity contribution in [3.63, 3.8) is 0 Å². The summed E-state index contributed by atoms with van der Waals surface area (Å²) in [6.45, 7) is 5.38. The molecule has 0 atom stereocenters. The van der Waals surface area contributed by atoms with Crippen LogP contribution in [-0.2, 0) is 11.2 Å². The SMILES string of the molecule is CCc1ccccc1NC(=O)C[NH+]1CCN(C(=O)c2ccc3ncsc3c2)CC1. The fraction of sp³-hybridized carbons (Fsp3) is 0.318. The molecular weight excluding hydrogens is 384 g/mol. The number of rotatable bonds is 5. The summed E-state index contributed by atoms with van der Waals surface area (Å²) in [5, 5.41) is 3.04. The first-order valence-corrected chi connectivity index (χ1v) is 10.9. The van der Waals surface area contributed by atoms with Crippen molar-refractivity contribution in [3.05, 3.63) is 59.1 Å². The van der Waals surface area contributed by atoms with E-state index in [1.54, 1.807) is 16.8 Å². The van der Waals surface area contributed by atoms with Gasteiger partial charge in [0.2, 0.25) is 0 Å². The zero-order valence-corrected chi connectivity index (χ0v) is 17.3. The third-order valence-corrected chi connectivity index (χ3v) is 6.21. The third kappa shape index (κ3) is 4.46. The Kier molecular flexibility index (Phi) is 5.87. The zero-order valence-electron chi connectivity index (χ0n) is 16.5. The Balaban J connectivity index is 1.30. The topological polar surface area (TPSA) is 66.7 Å². The first-order chi connectivity index (χ1) is 14.1. The quantitative estimate of drug-likeness (QED) is 0.676. The lowest BCUT2D eigenvalue weighted by atomic mass is 10.1. The van der Waals surface area contributed by atoms with E-state index in [9.17, 15) is 9.59 Å². The van der Waals surface area contributed by atoms with Crippen molar-refractivity contribution in [1.29, 1.82) is 0 Å². The Hall–Kier alpha value is -2.77. The van der Waals surface area contributed by atoms with Gasteiger partial charge in [-0.25, -0.2) is 4.98 Å². The molecule has 0 bridgehead atoms. The van der Waals surface area contributed by atoms with E-state index in [4.69, 9.17) is 0 Å². The van der Waals surface area contributed by atoms with E-state index in [-0.39, 0.29) is 11.8 Å². The van der Waals surface area contributed by atoms with Crippen molar-refractivity contribution in [3.8, 4) is 0 Å². The second-order valence-corrected chi connectivity index (χ2v) is 8.20. The molecular formula is C22H25N4O2S+. The molecule has 1 fully saturated rings. The van der Waals surface area contributed by atoms with Gasteiger partial charge < -0.3 is 15.1 Å². The number of aromatic nitrogens is 1. The molecule has 2 amide bonds. The molecule has 4 rings (SSSR count). The zero-order chi connectivity index (χ0) is 20.2. The molecule has 29 heavy (non-hydrogen) atoms. The number of para-hydroxylation sites is 1. The maximum absolute atomic E-state index is 12.8. The summed E-state index contributed by atoms with van der Waals surface area (Å²) in [5.41, 5.74) is 5.47. The number of aryl methyl sites for hydroxylation is 1. The molecule has 0 unspecified atom stereocenters. The van der Waals surface area contributed by atoms with Crippen molar-refractivity contribution in [2.45, 2.75) is 13.3 Å². The fourth-order valence-electron chi connectivity index (χ4n) is 3.75. The summed E-state index contributed by atoms with van der Waals surface area (Å²) in [4.78, 5) is 32.6. The predicted molar refractivity (Wildman–Crippen MR) is 116 cm³/mol. The highest BCUT2D eigenvalue weighted by atomic mass is 32.1. The highest BCUT2D eigenvalue weighted by Crippen LogP contribution is 2.20. The molecule has 0 radical (unpaired) electrons. The lowest BCUT2D eigenvalue weighted by molar-refractivity contribution is -0.895. The summed E-state index contributed by atoms with van der Waals surface area (Å²) in [6.07, 6.45) is 0.886. The Morgan fingerprint density at radius 2 is 1.97 bits per heavy atom. The minimum atomic E-state index is 0.0244. The van der Waals surface area contributed by atoms with Crippen molar-refractivity contribution in [2.75, 3.05) is 38.0 Å². The van der Waals surface area contributed by atoms with E-state index in [2.05, 4.69) is 17.2 Å². The number of carbonyl (C=O) groups excluding carboxylic acids is 2. The number of amides is 2. The highest BCUT2D eigenvalue weighted by Gasteiger charge is 2.26. The number of hydrogen-bond acceptors (Lipinski definition) is 4. The van der Waals surface area contributed by atoms with E-state index < -0.39 is 0 Å². The van der Waals surface area contributed by atoms with Gasteiger partial charge in [-0.2, -0.15) is 0 Å². The summed E-state index contributed by atoms with van der Waals surface area (Å²) in [7, 11) is 0. The average Bonchev–Trinajstić information content (AvgIpc) is 3.22. The van der Waals surface area contributed by atoms with Crippen LogP contribution in [0.4, 0.5) is 5.69 Å². The van der Waals surface area contributed by atoms with E-state index in [0.717, 1.165) is 41.0 Å². The lowest BCUT2D eigenvalue weighted by Gasteiger charge is -2.32. The Bertz CT molecular complexity index is 1020. The number of anilines is 1. The maximum atomic E-state index is 12.8. The van der Waals surface area contributed by atoms with Gasteiger partial charge in [-0.1, -0.05) is 25.1 Å². The van der Waals surface area contributed by atoms with Crippen LogP contribution in [0.1, 0.15) is 22.8 Å². The Morgan fingerprint density at radius 1 is 1.17 bits per heavy atom. The number of nitrogens with one attached hydrogen (secondary N) is 2. The molecule has 2 heterocycles. The number of thiazole rings is 1. The fourth-order valence-corrected chi connectivity index (χ4v) is 4.46. The van der Waals surface area contributed by atoms with E-state index in [1.807, 2.05) is 47.4 Å². The number of carbonyl (C=O) groups is 2. The first-order valence-electron chi connectivity index (χ1n) is 9.98. The molecule has 0 saturated carbocycles. The second-order valence-electron chi connectivity index (χ2n) is 7.31. The van der Waals surface area contributed by atoms with Crippen LogP contribution in [0.25, 0.3) is 10.2 Å². The molecule has 3 aromatic rings. The van der Waals surface area contributed by atoms with Crippen LogP contribution in [-0.4, -0.2) is 54.4 Å². The van der Waals surface area contributed by atoms with Crippen LogP contribution in [0.15, 0.2) is 48.0 Å². The molecule has 1 aliphatic heterocycles. The van der Waals surface area contributed by atoms with Crippen molar-refractivity contribution < 1.29 is 14.5 Å². The van der Waals surface area contributed by atoms with Crippen LogP contribution in [0, 0.1) is 0 Å². The monoisotopic (exact) mass is 409 g/mol. The van der Waals surface area contributed by atoms with Gasteiger partial charge in [0.1, 0.15) is 0 Å². The molecule has 1 aromatic heterocycles. The summed E-state index contributed by atoms with van der Waals surface area (Å²) in [5.74, 6) is 0.0806. The standard InChI is InChI=1S/C22H24N4O2S/c1-2-16-5-3-4-6-18(16)24-21(27)14-25-9-11-26(12-10-25)22(28)17-7-8-19-20(13-17)29-15-23-19/h3-8,13,15H,2,9-12,14H2,1H3,(H,24,27)/p+1. The highest BCUT2D eigenvalue weighted by molar-refractivity contribution is 7.16. The van der Waals surface area contributed by atoms with E-state index in [1.165, 1.54) is 4.90 Å². The van der Waals surface area contributed by atoms with Crippen molar-refractivity contribution in [2.24, 2.45) is 0 Å². The summed E-state index contributed by atoms with van der Waals surface area (Å²) in [6, 6.07) is 13.6. The van der Waals surface area contributed by atoms with Gasteiger partial charge in [0.15, 0.2) is 6.54 Å². The van der Waals surface area contributed by atoms with Gasteiger partial charge in [-0.15, -0.1) is 11.3 Å². The van der Waals surface area contributed by atoms with E-state index in [0.29, 0.717) is 25.2 Å². The van der Waals surface area contributed by atoms with Crippen molar-refractivity contribution in [1.82, 2.24) is 9.88 Å². The Labute approximate surface area is 174 Å². The van der Waals surface area contributed by atoms with Gasteiger partial charge in [0, 0.05) is 11.3 Å². The number of quaternary nitrogens is 1. The first kappa shape index (κ1) is 19.5. The van der Waals surface area contributed by atoms with Gasteiger partial charge >= 0.3 is 0 Å². The van der Waals surface area contributed by atoms with Crippen LogP contribution in [0.5, 0.6) is 0 Å². The smallest absolute Gasteiger partial charge is 0.279 e. The summed E-state index contributed by atoms with van der Waals surface area (Å²) < 4.78 is 1.03. The molecule has 0 aliphatic carbocycles. The number of hydrogen-bond donors (Lipinski definition) is 2. The maximum Gasteiger partial charge on any atom is 0.279 e. The van der Waals surface area contributed by atoms with Gasteiger partial charge in [-0.3, -0.25) is 9.59 Å². The number of nitrogens with zero attached hydrogens (tertiary/aromatic N) is 2. The normalized spacial score (nSPS) is 14.9. The third-order valence-electron chi connectivity index (χ3n) is 5.42. The van der Waals surface area contributed by atoms with Crippen LogP contribution in [0.2, 0.25) is 0 Å². The average molecular weight is 410 g/mol. The molecule has 7 heteroatoms. The Morgan fingerprint density at radius 3 is 2.76 bits per heavy atom. The largest absolute Gasteiger partial charge is 0.327 e. The minimum Gasteiger partial charge on any atom is -0.327 e. The minimum absolute atomic E-state index is 0.0244. The second kappa shape index (κ2) is 8.71. The lowest BCUT2D eigenvalue weighted by Crippen LogP contribution is -3.15. The number of fused-ring (bicyclic) bond motifs is 1. The number of piperazine rings is 1. The molecule has 6 nitrogen and oxygen atoms in total. The summed E-state index contributed by atoms with van der Waals surface area (Å²) >= 11 is 1.55. The predicted octanol–water partition coefficient (Wildman–Crippen LogP) is 1.84. The van der Waals surface area contributed by atoms with Crippen LogP contribution >= 0.6 is 11.3 Å². The number of benzene rings is 2. The van der Waals surface area contributed by atoms with Gasteiger partial charge in [0.25, 0.3) is 11.8 Å². The molecule has 2 aromatic carbocycles. The van der Waals surface area contributed by atoms with Gasteiger partial charge in [-0.05, 0) is 36.2 Å². The van der Waals surface area contributed by atoms with E-state index >= 15 is 0 Å². The van der Waals surface area contributed by atoms with Crippen LogP contribution in [0.3, 0.4) is 0 Å². The molecule has 0 spiro atoms. The molecule has 150 valence electrons. The van der Waals surface area contributed by atoms with Crippen LogP contribution < -0.4 is 10.2 Å². The molecule has 1 saturated heterocycles.